The van der Waals surface area contributed by atoms with Gasteiger partial charge in [0.15, 0.2) is 0 Å². The first-order chi connectivity index (χ1) is 10.1. The van der Waals surface area contributed by atoms with Crippen molar-refractivity contribution < 1.29 is 14.3 Å². The lowest BCUT2D eigenvalue weighted by atomic mass is 10.1. The van der Waals surface area contributed by atoms with Crippen molar-refractivity contribution >= 4 is 17.6 Å². The van der Waals surface area contributed by atoms with Crippen LogP contribution < -0.4 is 4.90 Å². The maximum atomic E-state index is 12.2. The van der Waals surface area contributed by atoms with Gasteiger partial charge in [0.1, 0.15) is 0 Å². The van der Waals surface area contributed by atoms with Gasteiger partial charge in [-0.1, -0.05) is 12.1 Å². The molecule has 0 atom stereocenters. The second-order valence-corrected chi connectivity index (χ2v) is 4.48. The lowest BCUT2D eigenvalue weighted by Gasteiger charge is -2.19. The lowest BCUT2D eigenvalue weighted by molar-refractivity contribution is -0.118. The second kappa shape index (κ2) is 6.69. The SMILES string of the molecule is COC(=O)c1ccccc1N(C)C(=O)CCn1cccn1. The van der Waals surface area contributed by atoms with Gasteiger partial charge in [-0.05, 0) is 18.2 Å². The molecule has 0 aliphatic carbocycles. The molecule has 1 amide bonds. The van der Waals surface area contributed by atoms with E-state index in [1.807, 2.05) is 0 Å². The van der Waals surface area contributed by atoms with Gasteiger partial charge in [-0.2, -0.15) is 5.10 Å². The number of methoxy groups -OCH3 is 1. The Morgan fingerprint density at radius 1 is 1.29 bits per heavy atom. The molecule has 0 unspecified atom stereocenters. The quantitative estimate of drug-likeness (QED) is 0.785. The predicted octanol–water partition coefficient (Wildman–Crippen LogP) is 1.72. The lowest BCUT2D eigenvalue weighted by Crippen LogP contribution is -2.28. The van der Waals surface area contributed by atoms with Crippen molar-refractivity contribution in [3.63, 3.8) is 0 Å². The fourth-order valence-corrected chi connectivity index (χ4v) is 1.99. The van der Waals surface area contributed by atoms with E-state index in [4.69, 9.17) is 4.74 Å². The van der Waals surface area contributed by atoms with Crippen molar-refractivity contribution in [3.05, 3.63) is 48.3 Å². The van der Waals surface area contributed by atoms with E-state index in [0.29, 0.717) is 24.2 Å². The molecule has 2 rings (SSSR count). The monoisotopic (exact) mass is 287 g/mol. The highest BCUT2D eigenvalue weighted by molar-refractivity contribution is 6.02. The van der Waals surface area contributed by atoms with Crippen molar-refractivity contribution in [2.24, 2.45) is 0 Å². The normalized spacial score (nSPS) is 10.2. The van der Waals surface area contributed by atoms with Crippen LogP contribution in [-0.2, 0) is 16.1 Å². The van der Waals surface area contributed by atoms with Crippen molar-refractivity contribution in [1.29, 1.82) is 0 Å². The highest BCUT2D eigenvalue weighted by atomic mass is 16.5. The molecular formula is C15H17N3O3. The van der Waals surface area contributed by atoms with E-state index >= 15 is 0 Å². The predicted molar refractivity (Wildman–Crippen MR) is 78.0 cm³/mol. The number of para-hydroxylation sites is 1. The first-order valence-corrected chi connectivity index (χ1v) is 6.55. The van der Waals surface area contributed by atoms with Gasteiger partial charge in [-0.25, -0.2) is 4.79 Å². The fourth-order valence-electron chi connectivity index (χ4n) is 1.99. The Hall–Kier alpha value is -2.63. The van der Waals surface area contributed by atoms with E-state index in [1.165, 1.54) is 12.0 Å². The van der Waals surface area contributed by atoms with E-state index in [9.17, 15) is 9.59 Å². The van der Waals surface area contributed by atoms with Crippen molar-refractivity contribution in [1.82, 2.24) is 9.78 Å². The van der Waals surface area contributed by atoms with Gasteiger partial charge in [-0.3, -0.25) is 9.48 Å². The summed E-state index contributed by atoms with van der Waals surface area (Å²) in [6, 6.07) is 8.67. The molecule has 0 N–H and O–H groups in total. The van der Waals surface area contributed by atoms with Gasteiger partial charge in [0.2, 0.25) is 5.91 Å². The number of hydrogen-bond acceptors (Lipinski definition) is 4. The summed E-state index contributed by atoms with van der Waals surface area (Å²) in [6.07, 6.45) is 3.77. The summed E-state index contributed by atoms with van der Waals surface area (Å²) in [5, 5.41) is 4.05. The molecule has 2 aromatic rings. The molecule has 0 fully saturated rings. The minimum Gasteiger partial charge on any atom is -0.465 e. The zero-order chi connectivity index (χ0) is 15.2. The summed E-state index contributed by atoms with van der Waals surface area (Å²) < 4.78 is 6.43. The van der Waals surface area contributed by atoms with Gasteiger partial charge < -0.3 is 9.64 Å². The number of esters is 1. The molecule has 21 heavy (non-hydrogen) atoms. The zero-order valence-corrected chi connectivity index (χ0v) is 12.0. The summed E-state index contributed by atoms with van der Waals surface area (Å²) in [5.74, 6) is -0.556. The number of nitrogens with zero attached hydrogens (tertiary/aromatic N) is 3. The van der Waals surface area contributed by atoms with Crippen LogP contribution in [-0.4, -0.2) is 35.8 Å². The molecule has 0 radical (unpaired) electrons. The first kappa shape index (κ1) is 14.8. The van der Waals surface area contributed by atoms with Crippen LogP contribution >= 0.6 is 0 Å². The molecule has 0 saturated carbocycles. The van der Waals surface area contributed by atoms with Crippen LogP contribution in [0.1, 0.15) is 16.8 Å². The maximum Gasteiger partial charge on any atom is 0.339 e. The standard InChI is InChI=1S/C15H17N3O3/c1-17(14(19)8-11-18-10-5-9-16-18)13-7-4-3-6-12(13)15(20)21-2/h3-7,9-10H,8,11H2,1-2H3. The summed E-state index contributed by atoms with van der Waals surface area (Å²) in [7, 11) is 2.96. The average molecular weight is 287 g/mol. The van der Waals surface area contributed by atoms with E-state index in [-0.39, 0.29) is 5.91 Å². The highest BCUT2D eigenvalue weighted by Crippen LogP contribution is 2.20. The molecule has 6 nitrogen and oxygen atoms in total. The zero-order valence-electron chi connectivity index (χ0n) is 12.0. The van der Waals surface area contributed by atoms with Crippen LogP contribution in [0.5, 0.6) is 0 Å². The number of aromatic nitrogens is 2. The van der Waals surface area contributed by atoms with E-state index in [2.05, 4.69) is 5.10 Å². The minimum absolute atomic E-state index is 0.0955. The van der Waals surface area contributed by atoms with Gasteiger partial charge in [0.25, 0.3) is 0 Å². The molecular weight excluding hydrogens is 270 g/mol. The molecule has 0 saturated heterocycles. The first-order valence-electron chi connectivity index (χ1n) is 6.55. The van der Waals surface area contributed by atoms with Gasteiger partial charge in [0, 0.05) is 32.4 Å². The third kappa shape index (κ3) is 3.47. The molecule has 0 spiro atoms. The van der Waals surface area contributed by atoms with E-state index < -0.39 is 5.97 Å². The number of carbonyl (C=O) groups excluding carboxylic acids is 2. The molecule has 0 aliphatic heterocycles. The fraction of sp³-hybridized carbons (Fsp3) is 0.267. The Morgan fingerprint density at radius 2 is 2.05 bits per heavy atom. The average Bonchev–Trinajstić information content (AvgIpc) is 3.04. The summed E-state index contributed by atoms with van der Waals surface area (Å²) in [5.41, 5.74) is 0.907. The van der Waals surface area contributed by atoms with Crippen LogP contribution in [0.15, 0.2) is 42.7 Å². The van der Waals surface area contributed by atoms with Gasteiger partial charge in [-0.15, -0.1) is 0 Å². The van der Waals surface area contributed by atoms with Gasteiger partial charge in [0.05, 0.1) is 18.4 Å². The third-order valence-corrected chi connectivity index (χ3v) is 3.16. The number of amides is 1. The van der Waals surface area contributed by atoms with Crippen LogP contribution in [0, 0.1) is 0 Å². The van der Waals surface area contributed by atoms with Gasteiger partial charge >= 0.3 is 5.97 Å². The Labute approximate surface area is 122 Å². The number of anilines is 1. The largest absolute Gasteiger partial charge is 0.465 e. The smallest absolute Gasteiger partial charge is 0.339 e. The molecule has 6 heteroatoms. The number of rotatable bonds is 5. The second-order valence-electron chi connectivity index (χ2n) is 4.48. The van der Waals surface area contributed by atoms with Crippen molar-refractivity contribution in [2.45, 2.75) is 13.0 Å². The molecule has 0 aliphatic rings. The molecule has 1 aromatic carbocycles. The van der Waals surface area contributed by atoms with Crippen molar-refractivity contribution in [2.75, 3.05) is 19.1 Å². The van der Waals surface area contributed by atoms with E-state index in [1.54, 1.807) is 54.5 Å². The number of ether oxygens (including phenoxy) is 1. The molecule has 1 aromatic heterocycles. The number of hydrogen-bond donors (Lipinski definition) is 0. The van der Waals surface area contributed by atoms with Crippen LogP contribution in [0.3, 0.4) is 0 Å². The maximum absolute atomic E-state index is 12.2. The summed E-state index contributed by atoms with van der Waals surface area (Å²) in [4.78, 5) is 25.4. The van der Waals surface area contributed by atoms with Crippen molar-refractivity contribution in [3.8, 4) is 0 Å². The molecule has 110 valence electrons. The number of carbonyl (C=O) groups is 2. The van der Waals surface area contributed by atoms with Crippen LogP contribution in [0.2, 0.25) is 0 Å². The topological polar surface area (TPSA) is 64.4 Å². The molecule has 1 heterocycles. The van der Waals surface area contributed by atoms with E-state index in [0.717, 1.165) is 0 Å². The van der Waals surface area contributed by atoms with Crippen LogP contribution in [0.25, 0.3) is 0 Å². The Morgan fingerprint density at radius 3 is 2.71 bits per heavy atom. The Bertz CT molecular complexity index is 623. The van der Waals surface area contributed by atoms with Crippen LogP contribution in [0.4, 0.5) is 5.69 Å². The summed E-state index contributed by atoms with van der Waals surface area (Å²) in [6.45, 7) is 0.497. The number of aryl methyl sites for hydroxylation is 1. The Balaban J connectivity index is 2.10. The minimum atomic E-state index is -0.461. The Kier molecular flexibility index (Phi) is 4.71. The summed E-state index contributed by atoms with van der Waals surface area (Å²) >= 11 is 0. The number of benzene rings is 1. The third-order valence-electron chi connectivity index (χ3n) is 3.16. The highest BCUT2D eigenvalue weighted by Gasteiger charge is 2.18. The molecule has 0 bridgehead atoms.